The third kappa shape index (κ3) is 3.52. The van der Waals surface area contributed by atoms with Gasteiger partial charge in [0.1, 0.15) is 11.5 Å². The van der Waals surface area contributed by atoms with Crippen molar-refractivity contribution in [1.82, 2.24) is 25.3 Å². The van der Waals surface area contributed by atoms with Crippen LogP contribution in [0.3, 0.4) is 0 Å². The number of halogens is 2. The average molecular weight is 416 g/mol. The predicted molar refractivity (Wildman–Crippen MR) is 92.3 cm³/mol. The van der Waals surface area contributed by atoms with Crippen LogP contribution in [0, 0.1) is 5.82 Å². The number of hydrogen-bond donors (Lipinski definition) is 0. The van der Waals surface area contributed by atoms with Crippen molar-refractivity contribution in [2.45, 2.75) is 12.8 Å². The molecule has 1 aromatic carbocycles. The highest BCUT2D eigenvalue weighted by Gasteiger charge is 2.15. The molecule has 0 aliphatic rings. The smallest absolute Gasteiger partial charge is 0.248 e. The van der Waals surface area contributed by atoms with E-state index in [9.17, 15) is 4.39 Å². The molecule has 0 saturated carbocycles. The van der Waals surface area contributed by atoms with Crippen molar-refractivity contribution in [3.05, 3.63) is 64.7 Å². The van der Waals surface area contributed by atoms with Crippen molar-refractivity contribution >= 4 is 15.9 Å². The Morgan fingerprint density at radius 2 is 1.92 bits per heavy atom. The van der Waals surface area contributed by atoms with Crippen LogP contribution in [0.5, 0.6) is 0 Å². The number of rotatable bonds is 5. The second-order valence-electron chi connectivity index (χ2n) is 5.35. The Morgan fingerprint density at radius 1 is 1.04 bits per heavy atom. The molecule has 4 aromatic rings. The second kappa shape index (κ2) is 7.12. The van der Waals surface area contributed by atoms with E-state index in [1.807, 2.05) is 12.1 Å². The highest BCUT2D eigenvalue weighted by molar-refractivity contribution is 9.10. The second-order valence-corrected chi connectivity index (χ2v) is 6.21. The summed E-state index contributed by atoms with van der Waals surface area (Å²) >= 11 is 3.34. The van der Waals surface area contributed by atoms with Crippen molar-refractivity contribution in [2.24, 2.45) is 0 Å². The fourth-order valence-corrected chi connectivity index (χ4v) is 2.71. The molecule has 9 heteroatoms. The quantitative estimate of drug-likeness (QED) is 0.488. The first-order valence-electron chi connectivity index (χ1n) is 7.71. The van der Waals surface area contributed by atoms with Crippen LogP contribution < -0.4 is 0 Å². The number of hydrogen-bond acceptors (Lipinski definition) is 7. The minimum absolute atomic E-state index is 0.242. The van der Waals surface area contributed by atoms with E-state index in [0.717, 1.165) is 0 Å². The molecule has 3 aromatic heterocycles. The summed E-state index contributed by atoms with van der Waals surface area (Å²) < 4.78 is 24.9. The molecule has 0 bridgehead atoms. The summed E-state index contributed by atoms with van der Waals surface area (Å²) in [6, 6.07) is 9.73. The lowest BCUT2D eigenvalue weighted by molar-refractivity contribution is 0.373. The maximum Gasteiger partial charge on any atom is 0.248 e. The van der Waals surface area contributed by atoms with E-state index in [4.69, 9.17) is 8.94 Å². The van der Waals surface area contributed by atoms with E-state index in [1.165, 1.54) is 12.1 Å². The normalized spacial score (nSPS) is 11.0. The van der Waals surface area contributed by atoms with E-state index >= 15 is 0 Å². The van der Waals surface area contributed by atoms with Gasteiger partial charge in [0.2, 0.25) is 23.5 Å². The van der Waals surface area contributed by atoms with Crippen LogP contribution in [0.2, 0.25) is 0 Å². The molecule has 26 heavy (non-hydrogen) atoms. The fraction of sp³-hybridized carbons (Fsp3) is 0.118. The Balaban J connectivity index is 1.46. The number of nitrogens with zero attached hydrogens (tertiary/aromatic N) is 5. The molecular weight excluding hydrogens is 405 g/mol. The molecule has 0 N–H and O–H groups in total. The van der Waals surface area contributed by atoms with E-state index < -0.39 is 0 Å². The van der Waals surface area contributed by atoms with Crippen LogP contribution in [-0.4, -0.2) is 25.3 Å². The summed E-state index contributed by atoms with van der Waals surface area (Å²) in [6.07, 6.45) is 2.52. The topological polar surface area (TPSA) is 90.7 Å². The molecule has 0 amide bonds. The summed E-state index contributed by atoms with van der Waals surface area (Å²) in [5.41, 5.74) is 1.14. The van der Waals surface area contributed by atoms with Crippen LogP contribution in [0.1, 0.15) is 11.8 Å². The molecule has 3 heterocycles. The molecule has 0 saturated heterocycles. The van der Waals surface area contributed by atoms with Gasteiger partial charge < -0.3 is 8.94 Å². The van der Waals surface area contributed by atoms with Crippen molar-refractivity contribution in [2.75, 3.05) is 0 Å². The van der Waals surface area contributed by atoms with E-state index in [0.29, 0.717) is 46.2 Å². The predicted octanol–water partition coefficient (Wildman–Crippen LogP) is 3.87. The summed E-state index contributed by atoms with van der Waals surface area (Å²) in [4.78, 5) is 8.47. The number of aryl methyl sites for hydroxylation is 2. The lowest BCUT2D eigenvalue weighted by Crippen LogP contribution is -1.92. The fourth-order valence-electron chi connectivity index (χ4n) is 2.29. The van der Waals surface area contributed by atoms with E-state index in [-0.39, 0.29) is 11.7 Å². The van der Waals surface area contributed by atoms with Crippen molar-refractivity contribution < 1.29 is 13.3 Å². The Bertz CT molecular complexity index is 1030. The Kier molecular flexibility index (Phi) is 4.53. The molecule has 0 radical (unpaired) electrons. The molecule has 0 spiro atoms. The zero-order chi connectivity index (χ0) is 17.9. The highest BCUT2D eigenvalue weighted by atomic mass is 79.9. The Labute approximate surface area is 155 Å². The molecule has 0 fully saturated rings. The molecule has 7 nitrogen and oxygen atoms in total. The number of aromatic nitrogens is 5. The van der Waals surface area contributed by atoms with Crippen molar-refractivity contribution in [3.8, 4) is 23.0 Å². The van der Waals surface area contributed by atoms with E-state index in [2.05, 4.69) is 41.3 Å². The minimum Gasteiger partial charge on any atom is -0.421 e. The monoisotopic (exact) mass is 415 g/mol. The third-order valence-electron chi connectivity index (χ3n) is 3.54. The zero-order valence-corrected chi connectivity index (χ0v) is 14.9. The molecule has 0 atom stereocenters. The SMILES string of the molecule is Fc1ccc(Br)c(-c2nnc(CCc3nc(-c4ccccn4)no3)o2)c1. The van der Waals surface area contributed by atoms with Crippen LogP contribution in [0.15, 0.2) is 56.0 Å². The van der Waals surface area contributed by atoms with Gasteiger partial charge in [-0.3, -0.25) is 4.98 Å². The lowest BCUT2D eigenvalue weighted by atomic mass is 10.2. The summed E-state index contributed by atoms with van der Waals surface area (Å²) in [5, 5.41) is 11.9. The van der Waals surface area contributed by atoms with Crippen LogP contribution in [0.4, 0.5) is 4.39 Å². The van der Waals surface area contributed by atoms with Gasteiger partial charge in [-0.15, -0.1) is 10.2 Å². The van der Waals surface area contributed by atoms with Crippen molar-refractivity contribution in [3.63, 3.8) is 0 Å². The van der Waals surface area contributed by atoms with Gasteiger partial charge in [-0.05, 0) is 46.3 Å². The maximum absolute atomic E-state index is 13.4. The lowest BCUT2D eigenvalue weighted by Gasteiger charge is -1.98. The zero-order valence-electron chi connectivity index (χ0n) is 13.3. The molecule has 0 unspecified atom stereocenters. The first-order chi connectivity index (χ1) is 12.7. The molecule has 4 rings (SSSR count). The van der Waals surface area contributed by atoms with Gasteiger partial charge in [-0.1, -0.05) is 11.2 Å². The highest BCUT2D eigenvalue weighted by Crippen LogP contribution is 2.28. The maximum atomic E-state index is 13.4. The first-order valence-corrected chi connectivity index (χ1v) is 8.50. The summed E-state index contributed by atoms with van der Waals surface area (Å²) in [5.74, 6) is 1.13. The molecule has 130 valence electrons. The van der Waals surface area contributed by atoms with Gasteiger partial charge >= 0.3 is 0 Å². The molecule has 0 aliphatic heterocycles. The van der Waals surface area contributed by atoms with Gasteiger partial charge in [0, 0.05) is 23.5 Å². The summed E-state index contributed by atoms with van der Waals surface area (Å²) in [7, 11) is 0. The van der Waals surface area contributed by atoms with Crippen LogP contribution >= 0.6 is 15.9 Å². The summed E-state index contributed by atoms with van der Waals surface area (Å²) in [6.45, 7) is 0. The molecule has 0 aliphatic carbocycles. The van der Waals surface area contributed by atoms with Gasteiger partial charge in [-0.25, -0.2) is 4.39 Å². The van der Waals surface area contributed by atoms with Gasteiger partial charge in [0.25, 0.3) is 0 Å². The van der Waals surface area contributed by atoms with Crippen molar-refractivity contribution in [1.29, 1.82) is 0 Å². The number of pyridine rings is 1. The average Bonchev–Trinajstić information content (AvgIpc) is 3.32. The van der Waals surface area contributed by atoms with E-state index in [1.54, 1.807) is 18.3 Å². The minimum atomic E-state index is -0.379. The first kappa shape index (κ1) is 16.5. The van der Waals surface area contributed by atoms with Crippen LogP contribution in [-0.2, 0) is 12.8 Å². The largest absolute Gasteiger partial charge is 0.421 e. The Morgan fingerprint density at radius 3 is 2.77 bits per heavy atom. The Hall–Kier alpha value is -2.94. The van der Waals surface area contributed by atoms with Gasteiger partial charge in [0.05, 0.1) is 5.56 Å². The van der Waals surface area contributed by atoms with Gasteiger partial charge in [-0.2, -0.15) is 4.98 Å². The third-order valence-corrected chi connectivity index (χ3v) is 4.23. The van der Waals surface area contributed by atoms with Crippen LogP contribution in [0.25, 0.3) is 23.0 Å². The number of benzene rings is 1. The molecular formula is C17H11BrFN5O2. The standard InChI is InChI=1S/C17H11BrFN5O2/c18-12-5-4-10(19)9-11(12)17-23-22-15(25-17)7-6-14-21-16(24-26-14)13-3-1-2-8-20-13/h1-5,8-9H,6-7H2. The van der Waals surface area contributed by atoms with Gasteiger partial charge in [0.15, 0.2) is 0 Å².